The van der Waals surface area contributed by atoms with Gasteiger partial charge in [-0.05, 0) is 25.0 Å². The molecule has 0 aliphatic heterocycles. The van der Waals surface area contributed by atoms with Crippen molar-refractivity contribution in [1.29, 1.82) is 0 Å². The van der Waals surface area contributed by atoms with Crippen molar-refractivity contribution < 1.29 is 8.81 Å². The first-order chi connectivity index (χ1) is 8.16. The normalized spacial score (nSPS) is 12.6. The smallest absolute Gasteiger partial charge is 0.232 e. The highest BCUT2D eigenvalue weighted by Crippen LogP contribution is 2.12. The van der Waals surface area contributed by atoms with Crippen LogP contribution in [0.25, 0.3) is 0 Å². The molecule has 2 N–H and O–H groups in total. The zero-order valence-corrected chi connectivity index (χ0v) is 9.56. The number of rotatable bonds is 4. The fraction of sp³-hybridized carbons (Fsp3) is 0.333. The number of nitrogens with two attached hydrogens (primary N) is 1. The minimum Gasteiger partial charge on any atom is -0.424 e. The number of aryl methyl sites for hydroxylation is 2. The average Bonchev–Trinajstić information content (AvgIpc) is 2.77. The van der Waals surface area contributed by atoms with Crippen molar-refractivity contribution in [1.82, 2.24) is 10.2 Å². The van der Waals surface area contributed by atoms with Gasteiger partial charge in [-0.15, -0.1) is 10.2 Å². The molecular weight excluding hydrogens is 221 g/mol. The molecule has 0 aliphatic carbocycles. The highest BCUT2D eigenvalue weighted by molar-refractivity contribution is 5.17. The van der Waals surface area contributed by atoms with Gasteiger partial charge in [0.2, 0.25) is 11.8 Å². The Morgan fingerprint density at radius 1 is 1.29 bits per heavy atom. The summed E-state index contributed by atoms with van der Waals surface area (Å²) in [6.07, 6.45) is 1.05. The summed E-state index contributed by atoms with van der Waals surface area (Å²) in [5, 5.41) is 7.68. The number of aromatic nitrogens is 2. The largest absolute Gasteiger partial charge is 0.424 e. The van der Waals surface area contributed by atoms with E-state index in [2.05, 4.69) is 10.2 Å². The summed E-state index contributed by atoms with van der Waals surface area (Å²) in [6, 6.07) is 6.39. The Kier molecular flexibility index (Phi) is 3.49. The Balaban J connectivity index is 2.00. The molecule has 1 unspecified atom stereocenters. The third kappa shape index (κ3) is 2.88. The van der Waals surface area contributed by atoms with Crippen LogP contribution in [0.15, 0.2) is 28.7 Å². The molecule has 0 amide bonds. The molecule has 0 saturated heterocycles. The summed E-state index contributed by atoms with van der Waals surface area (Å²) < 4.78 is 18.7. The van der Waals surface area contributed by atoms with E-state index < -0.39 is 0 Å². The molecule has 0 aliphatic rings. The van der Waals surface area contributed by atoms with E-state index in [4.69, 9.17) is 10.2 Å². The van der Waals surface area contributed by atoms with Crippen LogP contribution in [0.4, 0.5) is 4.39 Å². The number of halogens is 1. The molecule has 0 radical (unpaired) electrons. The van der Waals surface area contributed by atoms with Gasteiger partial charge in [-0.3, -0.25) is 0 Å². The Labute approximate surface area is 98.7 Å². The van der Waals surface area contributed by atoms with Crippen molar-refractivity contribution in [2.75, 3.05) is 0 Å². The molecule has 1 heterocycles. The maximum absolute atomic E-state index is 13.3. The summed E-state index contributed by atoms with van der Waals surface area (Å²) in [5.74, 6) is 0.688. The van der Waals surface area contributed by atoms with Crippen LogP contribution in [0, 0.1) is 5.82 Å². The van der Waals surface area contributed by atoms with Gasteiger partial charge in [0.15, 0.2) is 0 Å². The van der Waals surface area contributed by atoms with Crippen LogP contribution < -0.4 is 5.73 Å². The van der Waals surface area contributed by atoms with E-state index in [0.29, 0.717) is 30.2 Å². The standard InChI is InChI=1S/C12H14FN3O/c1-8(14)12-16-15-11(17-12)7-6-9-4-2-3-5-10(9)13/h2-5,8H,6-7,14H2,1H3. The quantitative estimate of drug-likeness (QED) is 0.880. The Bertz CT molecular complexity index is 496. The topological polar surface area (TPSA) is 64.9 Å². The molecule has 4 nitrogen and oxygen atoms in total. The maximum Gasteiger partial charge on any atom is 0.232 e. The van der Waals surface area contributed by atoms with E-state index in [9.17, 15) is 4.39 Å². The summed E-state index contributed by atoms with van der Waals surface area (Å²) >= 11 is 0. The van der Waals surface area contributed by atoms with Crippen LogP contribution in [0.3, 0.4) is 0 Å². The highest BCUT2D eigenvalue weighted by Gasteiger charge is 2.10. The van der Waals surface area contributed by atoms with Crippen molar-refractivity contribution >= 4 is 0 Å². The number of hydrogen-bond acceptors (Lipinski definition) is 4. The molecule has 1 aromatic heterocycles. The van der Waals surface area contributed by atoms with Gasteiger partial charge in [0.25, 0.3) is 0 Å². The van der Waals surface area contributed by atoms with Gasteiger partial charge in [0.05, 0.1) is 6.04 Å². The second-order valence-corrected chi connectivity index (χ2v) is 3.91. The van der Waals surface area contributed by atoms with Crippen molar-refractivity contribution in [2.24, 2.45) is 5.73 Å². The lowest BCUT2D eigenvalue weighted by Gasteiger charge is -2.00. The minimum absolute atomic E-state index is 0.209. The van der Waals surface area contributed by atoms with Gasteiger partial charge in [-0.25, -0.2) is 4.39 Å². The van der Waals surface area contributed by atoms with Gasteiger partial charge >= 0.3 is 0 Å². The van der Waals surface area contributed by atoms with Gasteiger partial charge in [0.1, 0.15) is 5.82 Å². The predicted octanol–water partition coefficient (Wildman–Crippen LogP) is 2.01. The van der Waals surface area contributed by atoms with E-state index in [0.717, 1.165) is 0 Å². The first kappa shape index (κ1) is 11.7. The van der Waals surface area contributed by atoms with Crippen molar-refractivity contribution in [3.63, 3.8) is 0 Å². The van der Waals surface area contributed by atoms with E-state index in [1.54, 1.807) is 25.1 Å². The summed E-state index contributed by atoms with van der Waals surface area (Å²) in [6.45, 7) is 1.77. The third-order valence-corrected chi connectivity index (χ3v) is 2.44. The summed E-state index contributed by atoms with van der Waals surface area (Å²) in [5.41, 5.74) is 6.25. The zero-order chi connectivity index (χ0) is 12.3. The second-order valence-electron chi connectivity index (χ2n) is 3.91. The lowest BCUT2D eigenvalue weighted by atomic mass is 10.1. The first-order valence-corrected chi connectivity index (χ1v) is 5.48. The molecular formula is C12H14FN3O. The molecule has 0 saturated carbocycles. The Morgan fingerprint density at radius 3 is 2.71 bits per heavy atom. The van der Waals surface area contributed by atoms with Crippen molar-refractivity contribution in [2.45, 2.75) is 25.8 Å². The molecule has 90 valence electrons. The summed E-state index contributed by atoms with van der Waals surface area (Å²) in [4.78, 5) is 0. The highest BCUT2D eigenvalue weighted by atomic mass is 19.1. The van der Waals surface area contributed by atoms with Gasteiger partial charge in [0, 0.05) is 6.42 Å². The lowest BCUT2D eigenvalue weighted by Crippen LogP contribution is -2.04. The Hall–Kier alpha value is -1.75. The summed E-state index contributed by atoms with van der Waals surface area (Å²) in [7, 11) is 0. The zero-order valence-electron chi connectivity index (χ0n) is 9.56. The maximum atomic E-state index is 13.3. The molecule has 0 bridgehead atoms. The van der Waals surface area contributed by atoms with Crippen LogP contribution in [-0.2, 0) is 12.8 Å². The number of nitrogens with zero attached hydrogens (tertiary/aromatic N) is 2. The monoisotopic (exact) mass is 235 g/mol. The fourth-order valence-corrected chi connectivity index (χ4v) is 1.49. The third-order valence-electron chi connectivity index (χ3n) is 2.44. The molecule has 0 spiro atoms. The molecule has 2 rings (SSSR count). The van der Waals surface area contributed by atoms with Gasteiger partial charge in [-0.2, -0.15) is 0 Å². The van der Waals surface area contributed by atoms with Crippen LogP contribution >= 0.6 is 0 Å². The predicted molar refractivity (Wildman–Crippen MR) is 60.7 cm³/mol. The average molecular weight is 235 g/mol. The van der Waals surface area contributed by atoms with E-state index in [1.165, 1.54) is 6.07 Å². The van der Waals surface area contributed by atoms with Gasteiger partial charge in [-0.1, -0.05) is 18.2 Å². The number of hydrogen-bond donors (Lipinski definition) is 1. The molecule has 17 heavy (non-hydrogen) atoms. The second kappa shape index (κ2) is 5.05. The van der Waals surface area contributed by atoms with Gasteiger partial charge < -0.3 is 10.2 Å². The van der Waals surface area contributed by atoms with E-state index in [-0.39, 0.29) is 11.9 Å². The number of benzene rings is 1. The minimum atomic E-state index is -0.273. The van der Waals surface area contributed by atoms with Crippen LogP contribution in [0.5, 0.6) is 0 Å². The van der Waals surface area contributed by atoms with Crippen LogP contribution in [0.2, 0.25) is 0 Å². The Morgan fingerprint density at radius 2 is 2.06 bits per heavy atom. The molecule has 1 atom stereocenters. The van der Waals surface area contributed by atoms with Crippen LogP contribution in [-0.4, -0.2) is 10.2 Å². The fourth-order valence-electron chi connectivity index (χ4n) is 1.49. The van der Waals surface area contributed by atoms with Crippen molar-refractivity contribution in [3.8, 4) is 0 Å². The first-order valence-electron chi connectivity index (χ1n) is 5.48. The van der Waals surface area contributed by atoms with Crippen molar-refractivity contribution in [3.05, 3.63) is 47.4 Å². The van der Waals surface area contributed by atoms with E-state index >= 15 is 0 Å². The molecule has 1 aromatic carbocycles. The lowest BCUT2D eigenvalue weighted by molar-refractivity contribution is 0.425. The molecule has 0 fully saturated rings. The molecule has 2 aromatic rings. The van der Waals surface area contributed by atoms with E-state index in [1.807, 2.05) is 0 Å². The molecule has 5 heteroatoms. The SMILES string of the molecule is CC(N)c1nnc(CCc2ccccc2F)o1. The van der Waals surface area contributed by atoms with Crippen LogP contribution in [0.1, 0.15) is 30.3 Å².